The smallest absolute Gasteiger partial charge is 0.306 e. The molecule has 0 spiro atoms. The summed E-state index contributed by atoms with van der Waals surface area (Å²) in [6, 6.07) is 26.8. The van der Waals surface area contributed by atoms with Gasteiger partial charge in [0.15, 0.2) is 0 Å². The molecule has 0 bridgehead atoms. The molecule has 0 aliphatic heterocycles. The minimum absolute atomic E-state index is 0.147. The molecule has 238 valence electrons. The summed E-state index contributed by atoms with van der Waals surface area (Å²) in [5, 5.41) is 15.7. The zero-order chi connectivity index (χ0) is 32.7. The van der Waals surface area contributed by atoms with Gasteiger partial charge in [0, 0.05) is 26.2 Å². The molecule has 44 heavy (non-hydrogen) atoms. The Morgan fingerprint density at radius 3 is 2.09 bits per heavy atom. The number of aryl methyl sites for hydroxylation is 1. The Hall–Kier alpha value is -3.50. The predicted molar refractivity (Wildman–Crippen MR) is 175 cm³/mol. The fraction of sp³-hybridized carbons (Fsp3) is 0.429. The van der Waals surface area contributed by atoms with Gasteiger partial charge < -0.3 is 24.1 Å². The molecule has 9 heteroatoms. The maximum absolute atomic E-state index is 12.0. The van der Waals surface area contributed by atoms with Gasteiger partial charge in [-0.2, -0.15) is 0 Å². The summed E-state index contributed by atoms with van der Waals surface area (Å²) in [6.45, 7) is 11.8. The molecule has 0 aliphatic carbocycles. The van der Waals surface area contributed by atoms with Crippen LogP contribution in [0.1, 0.15) is 51.2 Å². The largest absolute Gasteiger partial charge is 0.494 e. The molecule has 0 aromatic heterocycles. The number of hydrogen-bond donors (Lipinski definition) is 2. The van der Waals surface area contributed by atoms with Crippen LogP contribution in [0.5, 0.6) is 5.75 Å². The number of carboxylic acids is 1. The molecular formula is C35H47NO7Si. The van der Waals surface area contributed by atoms with Crippen LogP contribution < -0.4 is 15.1 Å². The van der Waals surface area contributed by atoms with Crippen LogP contribution in [-0.4, -0.2) is 76.3 Å². The Kier molecular flexibility index (Phi) is 13.0. The van der Waals surface area contributed by atoms with E-state index in [2.05, 4.69) is 79.3 Å². The standard InChI is InChI=1S/C35H47NO7Si/c1-28-16-17-30(26-29(28)27-37)41-23-11-20-36(21-24-42-34(40)19-18-33(38)39)22-25-43-44(35(2,3)4,31-12-7-5-8-13-31)32-14-9-6-10-15-32/h5-10,12-17,26,37H,11,18-25,27H2,1-4H3,(H,38,39)/i37D. The second kappa shape index (κ2) is 17.1. The number of esters is 1. The molecule has 0 saturated carbocycles. The molecule has 0 radical (unpaired) electrons. The first-order chi connectivity index (χ1) is 21.6. The maximum atomic E-state index is 12.0. The summed E-state index contributed by atoms with van der Waals surface area (Å²) in [5.74, 6) is -0.820. The van der Waals surface area contributed by atoms with Gasteiger partial charge in [-0.15, -0.1) is 0 Å². The van der Waals surface area contributed by atoms with Crippen molar-refractivity contribution in [1.29, 1.82) is 1.43 Å². The first-order valence-electron chi connectivity index (χ1n) is 15.6. The number of benzene rings is 3. The third-order valence-electron chi connectivity index (χ3n) is 7.72. The van der Waals surface area contributed by atoms with Crippen molar-refractivity contribution >= 4 is 30.6 Å². The average molecular weight is 623 g/mol. The number of ether oxygens (including phenoxy) is 2. The molecule has 0 atom stereocenters. The second-order valence-corrected chi connectivity index (χ2v) is 16.2. The summed E-state index contributed by atoms with van der Waals surface area (Å²) >= 11 is 0. The predicted octanol–water partition coefficient (Wildman–Crippen LogP) is 4.54. The van der Waals surface area contributed by atoms with Crippen molar-refractivity contribution in [3.8, 4) is 5.75 Å². The molecule has 0 unspecified atom stereocenters. The highest BCUT2D eigenvalue weighted by molar-refractivity contribution is 6.99. The Balaban J connectivity index is 1.70. The van der Waals surface area contributed by atoms with E-state index in [1.165, 1.54) is 10.4 Å². The van der Waals surface area contributed by atoms with E-state index in [1.807, 2.05) is 37.3 Å². The van der Waals surface area contributed by atoms with Gasteiger partial charge in [-0.1, -0.05) is 87.5 Å². The number of aliphatic hydroxyl groups excluding tert-OH is 1. The van der Waals surface area contributed by atoms with E-state index in [-0.39, 0.29) is 31.1 Å². The second-order valence-electron chi connectivity index (χ2n) is 11.9. The van der Waals surface area contributed by atoms with Crippen molar-refractivity contribution in [2.75, 3.05) is 39.5 Å². The van der Waals surface area contributed by atoms with Gasteiger partial charge in [-0.3, -0.25) is 14.5 Å². The van der Waals surface area contributed by atoms with E-state index >= 15 is 0 Å². The molecule has 0 fully saturated rings. The number of carbonyl (C=O) groups is 2. The number of hydrogen-bond acceptors (Lipinski definition) is 7. The number of carbonyl (C=O) groups excluding carboxylic acids is 1. The summed E-state index contributed by atoms with van der Waals surface area (Å²) in [6.07, 6.45) is 0.328. The van der Waals surface area contributed by atoms with Crippen molar-refractivity contribution in [3.05, 3.63) is 90.0 Å². The molecule has 3 aromatic carbocycles. The average Bonchev–Trinajstić information content (AvgIpc) is 3.02. The summed E-state index contributed by atoms with van der Waals surface area (Å²) in [4.78, 5) is 25.1. The third kappa shape index (κ3) is 10.0. The van der Waals surface area contributed by atoms with E-state index < -0.39 is 20.3 Å². The van der Waals surface area contributed by atoms with Gasteiger partial charge in [-0.05, 0) is 52.0 Å². The summed E-state index contributed by atoms with van der Waals surface area (Å²) in [5.41, 5.74) is 1.95. The zero-order valence-corrected chi connectivity index (χ0v) is 27.4. The lowest BCUT2D eigenvalue weighted by Crippen LogP contribution is -2.67. The van der Waals surface area contributed by atoms with Crippen molar-refractivity contribution in [2.45, 2.75) is 58.6 Å². The molecule has 3 rings (SSSR count). The molecular weight excluding hydrogens is 574 g/mol. The lowest BCUT2D eigenvalue weighted by atomic mass is 10.1. The fourth-order valence-electron chi connectivity index (χ4n) is 5.37. The van der Waals surface area contributed by atoms with Gasteiger partial charge in [0.05, 0.1) is 26.1 Å². The number of rotatable bonds is 19. The highest BCUT2D eigenvalue weighted by atomic mass is 28.4. The van der Waals surface area contributed by atoms with Crippen molar-refractivity contribution in [2.24, 2.45) is 0 Å². The Bertz CT molecular complexity index is 1300. The molecule has 0 saturated heterocycles. The third-order valence-corrected chi connectivity index (χ3v) is 12.8. The number of carboxylic acid groups (broad SMARTS) is 1. The zero-order valence-electron chi connectivity index (χ0n) is 27.4. The van der Waals surface area contributed by atoms with Crippen LogP contribution in [0.15, 0.2) is 78.9 Å². The molecule has 3 aromatic rings. The van der Waals surface area contributed by atoms with Crippen LogP contribution in [0, 0.1) is 6.92 Å². The first kappa shape index (κ1) is 33.4. The fourth-order valence-corrected chi connectivity index (χ4v) is 9.92. The van der Waals surface area contributed by atoms with Crippen molar-refractivity contribution < 1.29 is 33.7 Å². The Morgan fingerprint density at radius 1 is 0.864 bits per heavy atom. The van der Waals surface area contributed by atoms with Crippen molar-refractivity contribution in [1.82, 2.24) is 4.90 Å². The first-order valence-corrected chi connectivity index (χ1v) is 17.1. The summed E-state index contributed by atoms with van der Waals surface area (Å²) < 4.78 is 25.5. The normalized spacial score (nSPS) is 12.2. The van der Waals surface area contributed by atoms with Gasteiger partial charge in [0.2, 0.25) is 1.43 Å². The van der Waals surface area contributed by atoms with Gasteiger partial charge >= 0.3 is 11.9 Å². The van der Waals surface area contributed by atoms with E-state index in [9.17, 15) is 9.59 Å². The van der Waals surface area contributed by atoms with Crippen LogP contribution in [0.25, 0.3) is 0 Å². The number of aliphatic hydroxyl groups is 1. The lowest BCUT2D eigenvalue weighted by molar-refractivity contribution is -0.148. The maximum Gasteiger partial charge on any atom is 0.306 e. The van der Waals surface area contributed by atoms with Gasteiger partial charge in [0.25, 0.3) is 8.32 Å². The highest BCUT2D eigenvalue weighted by Crippen LogP contribution is 2.36. The quantitative estimate of drug-likeness (QED) is 0.114. The topological polar surface area (TPSA) is 106 Å². The van der Waals surface area contributed by atoms with E-state index in [0.717, 1.165) is 23.3 Å². The Labute approximate surface area is 264 Å². The Morgan fingerprint density at radius 2 is 1.50 bits per heavy atom. The molecule has 0 aliphatic rings. The van der Waals surface area contributed by atoms with Gasteiger partial charge in [-0.25, -0.2) is 0 Å². The van der Waals surface area contributed by atoms with Crippen LogP contribution in [0.3, 0.4) is 0 Å². The molecule has 2 N–H and O–H groups in total. The van der Waals surface area contributed by atoms with E-state index in [4.69, 9.17) is 20.4 Å². The molecule has 0 heterocycles. The monoisotopic (exact) mass is 622 g/mol. The van der Waals surface area contributed by atoms with E-state index in [1.54, 1.807) is 0 Å². The SMILES string of the molecule is [2H]OCc1cc(OCCCN(CCOC(=O)CCC(=O)O)CCO[Si](c2ccccc2)(c2ccccc2)C(C)(C)C)ccc1C. The highest BCUT2D eigenvalue weighted by Gasteiger charge is 2.50. The minimum Gasteiger partial charge on any atom is -0.494 e. The number of nitrogens with zero attached hydrogens (tertiary/aromatic N) is 1. The van der Waals surface area contributed by atoms with Crippen LogP contribution in [-0.2, 0) is 25.4 Å². The van der Waals surface area contributed by atoms with E-state index in [0.29, 0.717) is 32.8 Å². The molecule has 0 amide bonds. The van der Waals surface area contributed by atoms with Gasteiger partial charge in [0.1, 0.15) is 12.4 Å². The summed E-state index contributed by atoms with van der Waals surface area (Å²) in [7, 11) is -2.70. The lowest BCUT2D eigenvalue weighted by Gasteiger charge is -2.43. The van der Waals surface area contributed by atoms with Crippen LogP contribution >= 0.6 is 0 Å². The van der Waals surface area contributed by atoms with Crippen molar-refractivity contribution in [3.63, 3.8) is 0 Å². The van der Waals surface area contributed by atoms with Crippen LogP contribution in [0.2, 0.25) is 5.04 Å². The van der Waals surface area contributed by atoms with Crippen LogP contribution in [0.4, 0.5) is 0 Å². The number of aliphatic carboxylic acids is 1. The molecule has 8 nitrogen and oxygen atoms in total. The minimum atomic E-state index is -2.70.